The maximum Gasteiger partial charge on any atom is 0.307 e. The van der Waals surface area contributed by atoms with Crippen molar-refractivity contribution in [1.29, 1.82) is 0 Å². The second-order valence-corrected chi connectivity index (χ2v) is 5.40. The van der Waals surface area contributed by atoms with E-state index in [9.17, 15) is 4.79 Å². The molecule has 0 aliphatic carbocycles. The molecular formula is C10H22O3Si. The Balaban J connectivity index is 3.42. The highest BCUT2D eigenvalue weighted by atomic mass is 28.2. The van der Waals surface area contributed by atoms with Crippen LogP contribution in [0.2, 0.25) is 5.54 Å². The van der Waals surface area contributed by atoms with Crippen LogP contribution in [0, 0.1) is 0 Å². The van der Waals surface area contributed by atoms with Crippen molar-refractivity contribution in [2.45, 2.75) is 45.6 Å². The summed E-state index contributed by atoms with van der Waals surface area (Å²) in [7, 11) is -0.726. The third-order valence-corrected chi connectivity index (χ3v) is 3.44. The Hall–Kier alpha value is -0.353. The van der Waals surface area contributed by atoms with Gasteiger partial charge in [-0.15, -0.1) is 0 Å². The van der Waals surface area contributed by atoms with Gasteiger partial charge in [0.15, 0.2) is 9.76 Å². The zero-order valence-electron chi connectivity index (χ0n) is 9.54. The van der Waals surface area contributed by atoms with Crippen LogP contribution in [0.3, 0.4) is 0 Å². The quantitative estimate of drug-likeness (QED) is 0.353. The van der Waals surface area contributed by atoms with Gasteiger partial charge in [-0.05, 0) is 13.3 Å². The summed E-state index contributed by atoms with van der Waals surface area (Å²) in [6.07, 6.45) is 3.26. The molecule has 14 heavy (non-hydrogen) atoms. The van der Waals surface area contributed by atoms with E-state index in [-0.39, 0.29) is 11.5 Å². The lowest BCUT2D eigenvalue weighted by molar-refractivity contribution is -0.143. The number of esters is 1. The van der Waals surface area contributed by atoms with Crippen molar-refractivity contribution in [3.8, 4) is 0 Å². The summed E-state index contributed by atoms with van der Waals surface area (Å²) in [4.78, 5) is 11.3. The van der Waals surface area contributed by atoms with Gasteiger partial charge in [-0.3, -0.25) is 4.79 Å². The smallest absolute Gasteiger partial charge is 0.307 e. The van der Waals surface area contributed by atoms with Crippen molar-refractivity contribution in [2.24, 2.45) is 0 Å². The molecule has 0 aromatic heterocycles. The standard InChI is InChI=1S/C10H22O3Si/c1-4-6-7-8-12-10(11)9(3)14-13-5-2/h9H,4-8,14H2,1-3H3. The highest BCUT2D eigenvalue weighted by Gasteiger charge is 2.14. The Bertz CT molecular complexity index is 150. The zero-order valence-corrected chi connectivity index (χ0v) is 11.0. The predicted octanol–water partition coefficient (Wildman–Crippen LogP) is 1.65. The normalized spacial score (nSPS) is 13.4. The molecule has 0 fully saturated rings. The largest absolute Gasteiger partial charge is 0.466 e. The van der Waals surface area contributed by atoms with E-state index in [1.807, 2.05) is 13.8 Å². The molecule has 0 rings (SSSR count). The molecule has 0 heterocycles. The second kappa shape index (κ2) is 9.21. The van der Waals surface area contributed by atoms with Gasteiger partial charge in [-0.2, -0.15) is 0 Å². The third-order valence-electron chi connectivity index (χ3n) is 1.97. The van der Waals surface area contributed by atoms with Crippen molar-refractivity contribution in [3.63, 3.8) is 0 Å². The average Bonchev–Trinajstić information content (AvgIpc) is 2.20. The van der Waals surface area contributed by atoms with Crippen LogP contribution in [-0.2, 0) is 14.0 Å². The fourth-order valence-corrected chi connectivity index (χ4v) is 1.87. The molecule has 0 aliphatic heterocycles. The molecule has 0 aromatic rings. The number of ether oxygens (including phenoxy) is 1. The number of hydrogen-bond acceptors (Lipinski definition) is 3. The number of hydrogen-bond donors (Lipinski definition) is 0. The molecule has 0 spiro atoms. The molecule has 0 N–H and O–H groups in total. The molecule has 0 aliphatic rings. The minimum atomic E-state index is -0.726. The molecular weight excluding hydrogens is 196 g/mol. The number of unbranched alkanes of at least 4 members (excludes halogenated alkanes) is 2. The lowest BCUT2D eigenvalue weighted by Crippen LogP contribution is -2.18. The van der Waals surface area contributed by atoms with Crippen LogP contribution in [0.4, 0.5) is 0 Å². The lowest BCUT2D eigenvalue weighted by atomic mass is 10.3. The fourth-order valence-electron chi connectivity index (χ4n) is 1.03. The summed E-state index contributed by atoms with van der Waals surface area (Å²) < 4.78 is 10.4. The summed E-state index contributed by atoms with van der Waals surface area (Å²) in [5.41, 5.74) is -0.00317. The fraction of sp³-hybridized carbons (Fsp3) is 0.900. The van der Waals surface area contributed by atoms with Gasteiger partial charge in [0, 0.05) is 6.61 Å². The zero-order chi connectivity index (χ0) is 10.8. The molecule has 4 heteroatoms. The Morgan fingerprint density at radius 2 is 2.07 bits per heavy atom. The van der Waals surface area contributed by atoms with Gasteiger partial charge in [0.1, 0.15) is 0 Å². The summed E-state index contributed by atoms with van der Waals surface area (Å²) in [5.74, 6) is -0.0822. The van der Waals surface area contributed by atoms with E-state index >= 15 is 0 Å². The van der Waals surface area contributed by atoms with Crippen LogP contribution >= 0.6 is 0 Å². The van der Waals surface area contributed by atoms with E-state index in [0.717, 1.165) is 19.3 Å². The van der Waals surface area contributed by atoms with Crippen LogP contribution in [0.15, 0.2) is 0 Å². The van der Waals surface area contributed by atoms with Crippen molar-refractivity contribution in [3.05, 3.63) is 0 Å². The first-order valence-corrected chi connectivity index (χ1v) is 6.86. The number of carbonyl (C=O) groups is 1. The van der Waals surface area contributed by atoms with E-state index in [0.29, 0.717) is 13.2 Å². The van der Waals surface area contributed by atoms with E-state index < -0.39 is 9.76 Å². The Labute approximate surface area is 89.1 Å². The molecule has 1 unspecified atom stereocenters. The van der Waals surface area contributed by atoms with E-state index in [1.165, 1.54) is 0 Å². The van der Waals surface area contributed by atoms with Crippen molar-refractivity contribution >= 4 is 15.7 Å². The lowest BCUT2D eigenvalue weighted by Gasteiger charge is -2.10. The van der Waals surface area contributed by atoms with E-state index in [2.05, 4.69) is 6.92 Å². The molecule has 0 radical (unpaired) electrons. The van der Waals surface area contributed by atoms with Crippen LogP contribution in [0.5, 0.6) is 0 Å². The highest BCUT2D eigenvalue weighted by Crippen LogP contribution is 2.05. The molecule has 0 amide bonds. The summed E-state index contributed by atoms with van der Waals surface area (Å²) >= 11 is 0. The van der Waals surface area contributed by atoms with E-state index in [4.69, 9.17) is 9.16 Å². The highest BCUT2D eigenvalue weighted by molar-refractivity contribution is 6.36. The van der Waals surface area contributed by atoms with Gasteiger partial charge >= 0.3 is 5.97 Å². The number of carbonyl (C=O) groups excluding carboxylic acids is 1. The SMILES string of the molecule is CCCCCOC(=O)C(C)[SiH2]OCC. The number of rotatable bonds is 8. The summed E-state index contributed by atoms with van der Waals surface area (Å²) in [6.45, 7) is 7.25. The van der Waals surface area contributed by atoms with Crippen LogP contribution in [-0.4, -0.2) is 28.9 Å². The Kier molecular flexibility index (Phi) is 8.98. The minimum absolute atomic E-state index is 0.00317. The molecule has 0 aromatic carbocycles. The summed E-state index contributed by atoms with van der Waals surface area (Å²) in [5, 5.41) is 0. The van der Waals surface area contributed by atoms with Gasteiger partial charge < -0.3 is 9.16 Å². The molecule has 1 atom stereocenters. The van der Waals surface area contributed by atoms with Gasteiger partial charge in [-0.25, -0.2) is 0 Å². The van der Waals surface area contributed by atoms with Gasteiger partial charge in [0.2, 0.25) is 0 Å². The topological polar surface area (TPSA) is 35.5 Å². The third kappa shape index (κ3) is 7.09. The first-order chi connectivity index (χ1) is 6.72. The first kappa shape index (κ1) is 13.6. The van der Waals surface area contributed by atoms with Crippen molar-refractivity contribution in [2.75, 3.05) is 13.2 Å². The molecule has 0 saturated heterocycles. The molecule has 0 bridgehead atoms. The average molecular weight is 218 g/mol. The second-order valence-electron chi connectivity index (χ2n) is 3.44. The van der Waals surface area contributed by atoms with E-state index in [1.54, 1.807) is 0 Å². The van der Waals surface area contributed by atoms with Gasteiger partial charge in [0.05, 0.1) is 12.1 Å². The van der Waals surface area contributed by atoms with Gasteiger partial charge in [0.25, 0.3) is 0 Å². The molecule has 84 valence electrons. The van der Waals surface area contributed by atoms with Gasteiger partial charge in [-0.1, -0.05) is 26.7 Å². The summed E-state index contributed by atoms with van der Waals surface area (Å²) in [6, 6.07) is 0. The predicted molar refractivity (Wildman–Crippen MR) is 60.1 cm³/mol. The van der Waals surface area contributed by atoms with Crippen LogP contribution in [0.1, 0.15) is 40.0 Å². The molecule has 3 nitrogen and oxygen atoms in total. The van der Waals surface area contributed by atoms with Crippen molar-refractivity contribution in [1.82, 2.24) is 0 Å². The van der Waals surface area contributed by atoms with Crippen LogP contribution < -0.4 is 0 Å². The minimum Gasteiger partial charge on any atom is -0.466 e. The Morgan fingerprint density at radius 1 is 1.36 bits per heavy atom. The maximum absolute atomic E-state index is 11.3. The van der Waals surface area contributed by atoms with Crippen LogP contribution in [0.25, 0.3) is 0 Å². The monoisotopic (exact) mass is 218 g/mol. The first-order valence-electron chi connectivity index (χ1n) is 5.46. The molecule has 0 saturated carbocycles. The van der Waals surface area contributed by atoms with Crippen molar-refractivity contribution < 1.29 is 14.0 Å². The maximum atomic E-state index is 11.3. The Morgan fingerprint density at radius 3 is 2.64 bits per heavy atom.